The molecule has 0 amide bonds. The lowest BCUT2D eigenvalue weighted by Gasteiger charge is -2.61. The molecule has 2 bridgehead atoms. The van der Waals surface area contributed by atoms with Crippen molar-refractivity contribution in [1.29, 1.82) is 0 Å². The van der Waals surface area contributed by atoms with Crippen LogP contribution in [0.5, 0.6) is 5.75 Å². The molecule has 6 atom stereocenters. The number of esters is 3. The van der Waals surface area contributed by atoms with Gasteiger partial charge in [-0.25, -0.2) is 14.4 Å². The van der Waals surface area contributed by atoms with Crippen molar-refractivity contribution >= 4 is 24.1 Å². The van der Waals surface area contributed by atoms with Crippen molar-refractivity contribution in [2.75, 3.05) is 13.6 Å². The Kier molecular flexibility index (Phi) is 8.47. The Morgan fingerprint density at radius 3 is 2.37 bits per heavy atom. The third-order valence-corrected chi connectivity index (χ3v) is 9.08. The Morgan fingerprint density at radius 2 is 1.72 bits per heavy atom. The van der Waals surface area contributed by atoms with Gasteiger partial charge in [-0.2, -0.15) is 0 Å². The van der Waals surface area contributed by atoms with Crippen molar-refractivity contribution in [2.24, 2.45) is 0 Å². The van der Waals surface area contributed by atoms with E-state index >= 15 is 0 Å². The predicted molar refractivity (Wildman–Crippen MR) is 163 cm³/mol. The summed E-state index contributed by atoms with van der Waals surface area (Å²) in [5.74, 6) is -1.95. The van der Waals surface area contributed by atoms with E-state index in [1.807, 2.05) is 20.0 Å². The van der Waals surface area contributed by atoms with Crippen LogP contribution in [0.3, 0.4) is 0 Å². The second-order valence-corrected chi connectivity index (χ2v) is 14.8. The third-order valence-electron chi connectivity index (χ3n) is 9.08. The van der Waals surface area contributed by atoms with E-state index in [-0.39, 0.29) is 18.2 Å². The molecule has 1 N–H and O–H groups in total. The molecule has 2 heterocycles. The van der Waals surface area contributed by atoms with Gasteiger partial charge < -0.3 is 38.4 Å². The number of aryl methyl sites for hydroxylation is 1. The topological polar surface area (TPSA) is 147 Å². The fraction of sp³-hybridized carbons (Fsp3) is 0.647. The van der Waals surface area contributed by atoms with Crippen LogP contribution in [0.15, 0.2) is 24.0 Å². The molecule has 0 radical (unpaired) electrons. The van der Waals surface area contributed by atoms with E-state index in [0.29, 0.717) is 25.1 Å². The number of carbonyl (C=O) groups excluding carboxylic acids is 4. The van der Waals surface area contributed by atoms with Crippen LogP contribution < -0.4 is 4.74 Å². The second kappa shape index (κ2) is 11.6. The zero-order valence-electron chi connectivity index (χ0n) is 28.1. The molecular weight excluding hydrogens is 598 g/mol. The highest BCUT2D eigenvalue weighted by Gasteiger charge is 2.71. The Balaban J connectivity index is 1.38. The summed E-state index contributed by atoms with van der Waals surface area (Å²) in [5.41, 5.74) is -0.784. The van der Waals surface area contributed by atoms with Gasteiger partial charge in [0.2, 0.25) is 6.10 Å². The molecule has 46 heavy (non-hydrogen) atoms. The molecule has 5 rings (SSSR count). The Labute approximate surface area is 269 Å². The largest absolute Gasteiger partial charge is 0.509 e. The van der Waals surface area contributed by atoms with Gasteiger partial charge in [0.15, 0.2) is 12.2 Å². The number of likely N-dealkylation sites (tertiary alicyclic amines) is 1. The second-order valence-electron chi connectivity index (χ2n) is 14.8. The summed E-state index contributed by atoms with van der Waals surface area (Å²) < 4.78 is 33.3. The number of benzene rings is 1. The summed E-state index contributed by atoms with van der Waals surface area (Å²) in [6.07, 6.45) is -2.71. The lowest BCUT2D eigenvalue weighted by atomic mass is 9.50. The summed E-state index contributed by atoms with van der Waals surface area (Å²) in [5, 5.41) is 12.4. The lowest BCUT2D eigenvalue weighted by molar-refractivity contribution is -0.180. The number of ether oxygens (including phenoxy) is 6. The fourth-order valence-corrected chi connectivity index (χ4v) is 7.16. The first-order valence-electron chi connectivity index (χ1n) is 15.7. The number of nitrogens with zero attached hydrogens (tertiary/aromatic N) is 1. The average Bonchev–Trinajstić information content (AvgIpc) is 3.27. The van der Waals surface area contributed by atoms with Gasteiger partial charge in [0, 0.05) is 18.0 Å². The van der Waals surface area contributed by atoms with Gasteiger partial charge in [-0.15, -0.1) is 0 Å². The molecule has 2 aliphatic heterocycles. The molecule has 1 aromatic rings. The smallest absolute Gasteiger partial charge is 0.481 e. The monoisotopic (exact) mass is 643 g/mol. The number of likely N-dealkylation sites (N-methyl/N-ethyl adjacent to an activating group) is 1. The van der Waals surface area contributed by atoms with Gasteiger partial charge in [0.05, 0.1) is 17.4 Å². The number of carbonyl (C=O) groups is 4. The van der Waals surface area contributed by atoms with E-state index in [9.17, 15) is 24.3 Å². The van der Waals surface area contributed by atoms with E-state index in [4.69, 9.17) is 28.4 Å². The third kappa shape index (κ3) is 5.97. The Hall–Kier alpha value is -3.64. The minimum absolute atomic E-state index is 0.157. The molecule has 0 aromatic heterocycles. The summed E-state index contributed by atoms with van der Waals surface area (Å²) in [6, 6.07) is 3.93. The van der Waals surface area contributed by atoms with Crippen LogP contribution in [-0.2, 0) is 49.9 Å². The van der Waals surface area contributed by atoms with Crippen molar-refractivity contribution in [2.45, 2.75) is 128 Å². The standard InChI is InChI=1S/C34H45NO11/c1-18-10-11-20-16-23-34(40)13-12-21(27-33(34,14-15-35(23)9)25(20)26(18)44-27)42-24(36)17-22(43-30(39)46-32(6,7)8)29(38)41-19(2)28(37)45-31(3,4)5/h10-12,19,22-23,27,40H,13-17H2,1-9H3/t19-,22-,23+,27-,33-,34+/m0/s1. The highest BCUT2D eigenvalue weighted by molar-refractivity contribution is 5.86. The zero-order valence-corrected chi connectivity index (χ0v) is 28.1. The number of piperidine rings is 1. The van der Waals surface area contributed by atoms with E-state index in [2.05, 4.69) is 11.0 Å². The van der Waals surface area contributed by atoms with Crippen LogP contribution in [0.25, 0.3) is 0 Å². The van der Waals surface area contributed by atoms with Gasteiger partial charge in [-0.1, -0.05) is 12.1 Å². The molecule has 4 aliphatic rings. The van der Waals surface area contributed by atoms with Crippen LogP contribution in [0.1, 0.15) is 84.4 Å². The highest BCUT2D eigenvalue weighted by Crippen LogP contribution is 2.64. The highest BCUT2D eigenvalue weighted by atomic mass is 16.7. The van der Waals surface area contributed by atoms with Crippen molar-refractivity contribution in [1.82, 2.24) is 4.90 Å². The lowest BCUT2D eigenvalue weighted by Crippen LogP contribution is -2.74. The first kappa shape index (κ1) is 33.7. The van der Waals surface area contributed by atoms with Crippen molar-refractivity contribution in [3.05, 3.63) is 40.7 Å². The maximum absolute atomic E-state index is 13.5. The fourth-order valence-electron chi connectivity index (χ4n) is 7.16. The van der Waals surface area contributed by atoms with Crippen LogP contribution in [-0.4, -0.2) is 88.8 Å². The number of rotatable bonds is 7. The van der Waals surface area contributed by atoms with Crippen LogP contribution in [0.2, 0.25) is 0 Å². The Bertz CT molecular complexity index is 1470. The Morgan fingerprint density at radius 1 is 1.04 bits per heavy atom. The molecule has 1 spiro atoms. The number of hydrogen-bond acceptors (Lipinski definition) is 12. The summed E-state index contributed by atoms with van der Waals surface area (Å²) in [4.78, 5) is 53.8. The molecule has 0 unspecified atom stereocenters. The van der Waals surface area contributed by atoms with E-state index in [1.54, 1.807) is 47.6 Å². The quantitative estimate of drug-likeness (QED) is 0.341. The van der Waals surface area contributed by atoms with E-state index < -0.39 is 71.0 Å². The molecule has 0 saturated carbocycles. The maximum Gasteiger partial charge on any atom is 0.509 e. The van der Waals surface area contributed by atoms with Crippen LogP contribution >= 0.6 is 0 Å². The molecule has 12 heteroatoms. The first-order chi connectivity index (χ1) is 21.3. The zero-order chi connectivity index (χ0) is 34.0. The molecule has 1 saturated heterocycles. The van der Waals surface area contributed by atoms with E-state index in [0.717, 1.165) is 16.7 Å². The summed E-state index contributed by atoms with van der Waals surface area (Å²) in [7, 11) is 2.01. The molecule has 2 aliphatic carbocycles. The van der Waals surface area contributed by atoms with E-state index in [1.165, 1.54) is 6.92 Å². The molecule has 252 valence electrons. The average molecular weight is 644 g/mol. The maximum atomic E-state index is 13.5. The predicted octanol–water partition coefficient (Wildman–Crippen LogP) is 3.80. The summed E-state index contributed by atoms with van der Waals surface area (Å²) >= 11 is 0. The van der Waals surface area contributed by atoms with Gasteiger partial charge in [0.1, 0.15) is 22.7 Å². The first-order valence-corrected chi connectivity index (χ1v) is 15.7. The SMILES string of the molecule is Cc1ccc2c3c1O[C@H]1C(OC(=O)C[C@H](OC(=O)OC(C)(C)C)C(=O)O[C@@H](C)C(=O)OC(C)(C)C)=CC[C@@]4(O)[C@@H](C2)N(C)CC[C@]314. The molecule has 1 fully saturated rings. The van der Waals surface area contributed by atoms with Crippen LogP contribution in [0, 0.1) is 6.92 Å². The van der Waals surface area contributed by atoms with Gasteiger partial charge in [-0.05, 0) is 99.0 Å². The van der Waals surface area contributed by atoms with Crippen molar-refractivity contribution in [3.8, 4) is 5.75 Å². The minimum atomic E-state index is -1.79. The molecule has 1 aromatic carbocycles. The number of aliphatic hydroxyl groups is 1. The number of hydrogen-bond donors (Lipinski definition) is 1. The van der Waals surface area contributed by atoms with Crippen molar-refractivity contribution in [3.63, 3.8) is 0 Å². The van der Waals surface area contributed by atoms with Crippen LogP contribution in [0.4, 0.5) is 4.79 Å². The molecular formula is C34H45NO11. The normalized spacial score (nSPS) is 27.7. The van der Waals surface area contributed by atoms with Gasteiger partial charge in [0.25, 0.3) is 0 Å². The summed E-state index contributed by atoms with van der Waals surface area (Å²) in [6.45, 7) is 13.8. The van der Waals surface area contributed by atoms with Gasteiger partial charge >= 0.3 is 24.1 Å². The van der Waals surface area contributed by atoms with Crippen molar-refractivity contribution < 1.29 is 52.7 Å². The van der Waals surface area contributed by atoms with Gasteiger partial charge in [-0.3, -0.25) is 4.79 Å². The molecule has 12 nitrogen and oxygen atoms in total. The minimum Gasteiger partial charge on any atom is -0.481 e.